The van der Waals surface area contributed by atoms with Crippen LogP contribution in [0.4, 0.5) is 0 Å². The van der Waals surface area contributed by atoms with Gasteiger partial charge < -0.3 is 19.4 Å². The number of fused-ring (bicyclic) bond motifs is 3. The third-order valence-corrected chi connectivity index (χ3v) is 13.6. The normalized spacial score (nSPS) is 11.2. The van der Waals surface area contributed by atoms with Gasteiger partial charge in [-0.3, -0.25) is 0 Å². The van der Waals surface area contributed by atoms with Crippen LogP contribution < -0.4 is 0 Å². The summed E-state index contributed by atoms with van der Waals surface area (Å²) in [4.78, 5) is 19.6. The maximum Gasteiger partial charge on any atom is 3.00 e. The van der Waals surface area contributed by atoms with Crippen LogP contribution in [-0.4, -0.2) is 19.9 Å². The van der Waals surface area contributed by atoms with Crippen molar-refractivity contribution in [3.8, 4) is 101 Å². The van der Waals surface area contributed by atoms with E-state index in [4.69, 9.17) is 19.4 Å². The molecular formula is C63H37Br2IrN4O. The summed E-state index contributed by atoms with van der Waals surface area (Å²) in [7, 11) is 0. The minimum absolute atomic E-state index is 0. The molecule has 0 aliphatic rings. The smallest absolute Gasteiger partial charge is 0.486 e. The number of aryl methyl sites for hydroxylation is 1. The number of nitrogens with zero attached hydrogens (tertiary/aromatic N) is 4. The number of hydrogen-bond acceptors (Lipinski definition) is 5. The van der Waals surface area contributed by atoms with E-state index >= 15 is 0 Å². The van der Waals surface area contributed by atoms with Crippen molar-refractivity contribution in [1.82, 2.24) is 19.9 Å². The minimum Gasteiger partial charge on any atom is -0.486 e. The molecule has 5 aromatic heterocycles. The molecule has 0 spiro atoms. The van der Waals surface area contributed by atoms with Gasteiger partial charge in [0.05, 0.1) is 5.58 Å². The molecule has 12 aromatic rings. The van der Waals surface area contributed by atoms with Crippen molar-refractivity contribution >= 4 is 53.9 Å². The zero-order chi connectivity index (χ0) is 47.1. The Hall–Kier alpha value is -7.45. The van der Waals surface area contributed by atoms with Crippen LogP contribution in [0.1, 0.15) is 5.69 Å². The molecule has 0 unspecified atom stereocenters. The van der Waals surface area contributed by atoms with Gasteiger partial charge in [-0.15, -0.1) is 77.9 Å². The molecule has 5 heterocycles. The fraction of sp³-hybridized carbons (Fsp3) is 0.0159. The molecule has 7 aromatic carbocycles. The number of hydrogen-bond donors (Lipinski definition) is 0. The zero-order valence-electron chi connectivity index (χ0n) is 37.9. The molecule has 338 valence electrons. The SMILES string of the molecule is Cc1ccc2c(n1)oc1c(-c3ccc(-c4ccccc4-c4cc(-c5ccccc5-c5ccc(-c6[c-]ccc(Br)c6)nc5)cc(-c5ccccc5-c5ccc(-c6[c-]ccc(Br)c6)nc5)c4)cn3)[c-]ccc12.[Ir+3]. The first-order valence-electron chi connectivity index (χ1n) is 22.8. The molecule has 71 heavy (non-hydrogen) atoms. The summed E-state index contributed by atoms with van der Waals surface area (Å²) < 4.78 is 8.31. The molecule has 5 nitrogen and oxygen atoms in total. The van der Waals surface area contributed by atoms with Crippen molar-refractivity contribution in [2.45, 2.75) is 6.92 Å². The molecule has 0 aliphatic heterocycles. The number of benzene rings is 7. The van der Waals surface area contributed by atoms with Crippen LogP contribution in [0.3, 0.4) is 0 Å². The van der Waals surface area contributed by atoms with Gasteiger partial charge in [-0.2, -0.15) is 0 Å². The first kappa shape index (κ1) is 46.0. The average Bonchev–Trinajstić information content (AvgIpc) is 3.79. The van der Waals surface area contributed by atoms with Crippen LogP contribution in [0, 0.1) is 25.1 Å². The van der Waals surface area contributed by atoms with E-state index in [1.54, 1.807) is 0 Å². The molecule has 0 atom stereocenters. The van der Waals surface area contributed by atoms with E-state index in [1.807, 2.05) is 80.1 Å². The largest absolute Gasteiger partial charge is 3.00 e. The maximum atomic E-state index is 6.34. The predicted molar refractivity (Wildman–Crippen MR) is 290 cm³/mol. The van der Waals surface area contributed by atoms with E-state index in [-0.39, 0.29) is 20.1 Å². The molecule has 12 rings (SSSR count). The van der Waals surface area contributed by atoms with Gasteiger partial charge in [-0.25, -0.2) is 4.98 Å². The second-order valence-electron chi connectivity index (χ2n) is 17.1. The van der Waals surface area contributed by atoms with Gasteiger partial charge in [0.2, 0.25) is 5.71 Å². The van der Waals surface area contributed by atoms with Gasteiger partial charge in [0.15, 0.2) is 0 Å². The van der Waals surface area contributed by atoms with Gasteiger partial charge in [0.25, 0.3) is 0 Å². The Balaban J connectivity index is 0.00000547. The first-order chi connectivity index (χ1) is 34.4. The quantitative estimate of drug-likeness (QED) is 0.135. The number of rotatable bonds is 9. The summed E-state index contributed by atoms with van der Waals surface area (Å²) in [5, 5.41) is 1.97. The Morgan fingerprint density at radius 3 is 1.25 bits per heavy atom. The Morgan fingerprint density at radius 1 is 0.408 bits per heavy atom. The van der Waals surface area contributed by atoms with Crippen LogP contribution in [0.5, 0.6) is 0 Å². The fourth-order valence-electron chi connectivity index (χ4n) is 9.26. The van der Waals surface area contributed by atoms with Gasteiger partial charge in [0, 0.05) is 29.7 Å². The summed E-state index contributed by atoms with van der Waals surface area (Å²) in [5.74, 6) is 0. The van der Waals surface area contributed by atoms with Crippen LogP contribution in [0.15, 0.2) is 220 Å². The molecule has 0 fully saturated rings. The third-order valence-electron chi connectivity index (χ3n) is 12.6. The molecule has 0 bridgehead atoms. The van der Waals surface area contributed by atoms with Gasteiger partial charge >= 0.3 is 20.1 Å². The summed E-state index contributed by atoms with van der Waals surface area (Å²) in [6.07, 6.45) is 5.87. The van der Waals surface area contributed by atoms with E-state index in [1.165, 1.54) is 0 Å². The van der Waals surface area contributed by atoms with E-state index in [0.717, 1.165) is 132 Å². The van der Waals surface area contributed by atoms with E-state index in [2.05, 4.69) is 189 Å². The van der Waals surface area contributed by atoms with Crippen molar-refractivity contribution < 1.29 is 24.5 Å². The number of halogens is 2. The van der Waals surface area contributed by atoms with Crippen LogP contribution in [0.25, 0.3) is 123 Å². The Kier molecular flexibility index (Phi) is 12.8. The van der Waals surface area contributed by atoms with Crippen molar-refractivity contribution in [2.24, 2.45) is 0 Å². The van der Waals surface area contributed by atoms with E-state index in [9.17, 15) is 0 Å². The molecule has 0 aliphatic carbocycles. The van der Waals surface area contributed by atoms with Gasteiger partial charge in [-0.1, -0.05) is 161 Å². The fourth-order valence-corrected chi connectivity index (χ4v) is 9.98. The summed E-state index contributed by atoms with van der Waals surface area (Å²) in [6.45, 7) is 1.97. The molecular weight excluding hydrogens is 1180 g/mol. The molecule has 0 N–H and O–H groups in total. The third kappa shape index (κ3) is 9.12. The number of pyridine rings is 4. The molecule has 0 amide bonds. The first-order valence-corrected chi connectivity index (χ1v) is 24.4. The zero-order valence-corrected chi connectivity index (χ0v) is 43.5. The maximum absolute atomic E-state index is 6.34. The minimum atomic E-state index is 0. The predicted octanol–water partition coefficient (Wildman–Crippen LogP) is 17.4. The monoisotopic (exact) mass is 1220 g/mol. The topological polar surface area (TPSA) is 64.7 Å². The number of furan rings is 1. The van der Waals surface area contributed by atoms with Crippen LogP contribution >= 0.6 is 31.9 Å². The summed E-state index contributed by atoms with van der Waals surface area (Å²) >= 11 is 7.21. The van der Waals surface area contributed by atoms with E-state index < -0.39 is 0 Å². The van der Waals surface area contributed by atoms with E-state index in [0.29, 0.717) is 5.71 Å². The second-order valence-corrected chi connectivity index (χ2v) is 18.9. The van der Waals surface area contributed by atoms with Crippen molar-refractivity contribution in [3.05, 3.63) is 239 Å². The van der Waals surface area contributed by atoms with Crippen LogP contribution in [0.2, 0.25) is 0 Å². The molecule has 8 heteroatoms. The van der Waals surface area contributed by atoms with Crippen molar-refractivity contribution in [3.63, 3.8) is 0 Å². The summed E-state index contributed by atoms with van der Waals surface area (Å²) in [5.41, 5.74) is 20.1. The number of aromatic nitrogens is 4. The molecule has 0 saturated carbocycles. The van der Waals surface area contributed by atoms with Crippen molar-refractivity contribution in [1.29, 1.82) is 0 Å². The van der Waals surface area contributed by atoms with Gasteiger partial charge in [0.1, 0.15) is 0 Å². The molecule has 0 radical (unpaired) electrons. The Bertz CT molecular complexity index is 3780. The average molecular weight is 1220 g/mol. The van der Waals surface area contributed by atoms with Crippen LogP contribution in [-0.2, 0) is 20.1 Å². The van der Waals surface area contributed by atoms with Crippen molar-refractivity contribution in [2.75, 3.05) is 0 Å². The molecule has 0 saturated heterocycles. The Morgan fingerprint density at radius 2 is 0.831 bits per heavy atom. The second kappa shape index (κ2) is 19.7. The van der Waals surface area contributed by atoms with Gasteiger partial charge in [-0.05, 0) is 121 Å². The Labute approximate surface area is 442 Å². The standard InChI is InChI=1S/C63H37Br2N4O.Ir/c1-39-23-27-57-56-21-10-22-58(62(56)70-63(57)69-39)61-30-26-44(38-68-61)52-17-4-7-20-55(52)47-32-45(53-18-5-2-15-50(53)42-24-28-59(66-36-42)40-11-8-13-48(64)34-40)31-46(33-47)54-19-6-3-16-51(54)43-25-29-60(67-37-43)41-12-9-14-49(65)35-41;/h2-10,13-21,23-38H,1H3;/q-3;+3. The summed E-state index contributed by atoms with van der Waals surface area (Å²) in [6, 6.07) is 75.2.